The summed E-state index contributed by atoms with van der Waals surface area (Å²) in [5.41, 5.74) is 1.24. The first-order valence-electron chi connectivity index (χ1n) is 9.78. The number of fused-ring (bicyclic) bond motifs is 1. The number of guanidine groups is 1. The third-order valence-electron chi connectivity index (χ3n) is 5.47. The normalized spacial score (nSPS) is 18.2. The van der Waals surface area contributed by atoms with Crippen molar-refractivity contribution in [3.8, 4) is 0 Å². The molecule has 0 bridgehead atoms. The molecular weight excluding hydrogens is 372 g/mol. The molecule has 1 unspecified atom stereocenters. The maximum absolute atomic E-state index is 11.6. The van der Waals surface area contributed by atoms with Gasteiger partial charge in [0.15, 0.2) is 5.96 Å². The lowest BCUT2D eigenvalue weighted by molar-refractivity contribution is 0.274. The molecular formula is C21H30N4O2S. The summed E-state index contributed by atoms with van der Waals surface area (Å²) in [5, 5.41) is 9.37. The van der Waals surface area contributed by atoms with E-state index in [0.717, 1.165) is 25.3 Å². The molecule has 0 spiro atoms. The van der Waals surface area contributed by atoms with Crippen LogP contribution >= 0.6 is 0 Å². The summed E-state index contributed by atoms with van der Waals surface area (Å²) in [6.45, 7) is 4.13. The van der Waals surface area contributed by atoms with Crippen LogP contribution in [0.2, 0.25) is 0 Å². The highest BCUT2D eigenvalue weighted by atomic mass is 32.2. The molecule has 3 rings (SSSR count). The van der Waals surface area contributed by atoms with Crippen molar-refractivity contribution < 1.29 is 8.42 Å². The van der Waals surface area contributed by atoms with E-state index in [9.17, 15) is 8.42 Å². The zero-order valence-electron chi connectivity index (χ0n) is 16.9. The standard InChI is InChI=1S/C21H30N4O2S/c1-16(19-10-6-8-18-7-4-5-9-20(18)19)24-21(22-2)23-15-17-11-13-25(14-12-17)28(3,26)27/h4-10,16-17H,11-15H2,1-3H3,(H2,22,23,24). The van der Waals surface area contributed by atoms with E-state index in [1.54, 1.807) is 11.4 Å². The minimum absolute atomic E-state index is 0.115. The van der Waals surface area contributed by atoms with Gasteiger partial charge in [-0.3, -0.25) is 4.99 Å². The fourth-order valence-electron chi connectivity index (χ4n) is 3.79. The Bertz CT molecular complexity index is 929. The molecule has 6 nitrogen and oxygen atoms in total. The number of rotatable bonds is 5. The Labute approximate surface area is 168 Å². The van der Waals surface area contributed by atoms with E-state index in [4.69, 9.17) is 0 Å². The Kier molecular flexibility index (Phi) is 6.57. The zero-order chi connectivity index (χ0) is 20.1. The molecule has 2 aromatic carbocycles. The van der Waals surface area contributed by atoms with E-state index in [1.165, 1.54) is 22.6 Å². The van der Waals surface area contributed by atoms with Crippen LogP contribution in [0.1, 0.15) is 31.4 Å². The van der Waals surface area contributed by atoms with Gasteiger partial charge in [-0.25, -0.2) is 12.7 Å². The summed E-state index contributed by atoms with van der Waals surface area (Å²) in [6, 6.07) is 14.9. The van der Waals surface area contributed by atoms with Gasteiger partial charge in [0.25, 0.3) is 0 Å². The van der Waals surface area contributed by atoms with Gasteiger partial charge >= 0.3 is 0 Å². The molecule has 7 heteroatoms. The minimum Gasteiger partial charge on any atom is -0.356 e. The van der Waals surface area contributed by atoms with Crippen LogP contribution in [0.15, 0.2) is 47.5 Å². The van der Waals surface area contributed by atoms with E-state index >= 15 is 0 Å². The molecule has 0 aliphatic carbocycles. The van der Waals surface area contributed by atoms with E-state index in [2.05, 4.69) is 65.0 Å². The molecule has 1 aliphatic rings. The fraction of sp³-hybridized carbons (Fsp3) is 0.476. The minimum atomic E-state index is -3.07. The third kappa shape index (κ3) is 5.02. The Hall–Kier alpha value is -2.12. The molecule has 152 valence electrons. The molecule has 2 aromatic rings. The van der Waals surface area contributed by atoms with E-state index in [0.29, 0.717) is 19.0 Å². The molecule has 28 heavy (non-hydrogen) atoms. The number of nitrogens with zero attached hydrogens (tertiary/aromatic N) is 2. The van der Waals surface area contributed by atoms with Gasteiger partial charge in [-0.15, -0.1) is 0 Å². The summed E-state index contributed by atoms with van der Waals surface area (Å²) in [4.78, 5) is 4.36. The zero-order valence-corrected chi connectivity index (χ0v) is 17.7. The first kappa shape index (κ1) is 20.6. The lowest BCUT2D eigenvalue weighted by atomic mass is 9.98. The monoisotopic (exact) mass is 402 g/mol. The number of nitrogens with one attached hydrogen (secondary N) is 2. The maximum atomic E-state index is 11.6. The van der Waals surface area contributed by atoms with Crippen LogP contribution in [0.25, 0.3) is 10.8 Å². The number of sulfonamides is 1. The number of benzene rings is 2. The molecule has 1 saturated heterocycles. The largest absolute Gasteiger partial charge is 0.356 e. The summed E-state index contributed by atoms with van der Waals surface area (Å²) >= 11 is 0. The van der Waals surface area contributed by atoms with Crippen LogP contribution in [0.5, 0.6) is 0 Å². The topological polar surface area (TPSA) is 73.8 Å². The molecule has 1 heterocycles. The molecule has 0 radical (unpaired) electrons. The van der Waals surface area contributed by atoms with Gasteiger partial charge in [0.2, 0.25) is 10.0 Å². The number of hydrogen-bond acceptors (Lipinski definition) is 3. The van der Waals surface area contributed by atoms with Crippen molar-refractivity contribution in [2.75, 3.05) is 32.9 Å². The quantitative estimate of drug-likeness (QED) is 0.596. The average molecular weight is 403 g/mol. The predicted molar refractivity (Wildman–Crippen MR) is 116 cm³/mol. The van der Waals surface area contributed by atoms with Gasteiger partial charge in [-0.05, 0) is 42.0 Å². The summed E-state index contributed by atoms with van der Waals surface area (Å²) < 4.78 is 24.8. The highest BCUT2D eigenvalue weighted by molar-refractivity contribution is 7.88. The van der Waals surface area contributed by atoms with Gasteiger partial charge in [-0.1, -0.05) is 42.5 Å². The summed E-state index contributed by atoms with van der Waals surface area (Å²) in [7, 11) is -1.30. The van der Waals surface area contributed by atoms with Gasteiger partial charge < -0.3 is 10.6 Å². The highest BCUT2D eigenvalue weighted by Gasteiger charge is 2.25. The fourth-order valence-corrected chi connectivity index (χ4v) is 4.67. The summed E-state index contributed by atoms with van der Waals surface area (Å²) in [6.07, 6.45) is 3.03. The Balaban J connectivity index is 1.56. The second-order valence-corrected chi connectivity index (χ2v) is 9.48. The number of hydrogen-bond donors (Lipinski definition) is 2. The lowest BCUT2D eigenvalue weighted by Crippen LogP contribution is -2.44. The van der Waals surface area contributed by atoms with Crippen LogP contribution < -0.4 is 10.6 Å². The van der Waals surface area contributed by atoms with Crippen LogP contribution in [0.3, 0.4) is 0 Å². The van der Waals surface area contributed by atoms with Crippen molar-refractivity contribution in [3.05, 3.63) is 48.0 Å². The van der Waals surface area contributed by atoms with Crippen molar-refractivity contribution in [1.29, 1.82) is 0 Å². The molecule has 0 amide bonds. The second-order valence-electron chi connectivity index (χ2n) is 7.49. The van der Waals surface area contributed by atoms with Crippen molar-refractivity contribution in [2.24, 2.45) is 10.9 Å². The molecule has 1 fully saturated rings. The Morgan fingerprint density at radius 1 is 1.18 bits per heavy atom. The van der Waals surface area contributed by atoms with Gasteiger partial charge in [0.1, 0.15) is 0 Å². The van der Waals surface area contributed by atoms with Crippen LogP contribution in [-0.2, 0) is 10.0 Å². The SMILES string of the molecule is CN=C(NCC1CCN(S(C)(=O)=O)CC1)NC(C)c1cccc2ccccc12. The van der Waals surface area contributed by atoms with Crippen molar-refractivity contribution in [3.63, 3.8) is 0 Å². The molecule has 0 aromatic heterocycles. The highest BCUT2D eigenvalue weighted by Crippen LogP contribution is 2.24. The maximum Gasteiger partial charge on any atom is 0.211 e. The van der Waals surface area contributed by atoms with Crippen LogP contribution in [0, 0.1) is 5.92 Å². The number of aliphatic imine (C=N–C) groups is 1. The molecule has 1 aliphatic heterocycles. The number of piperidine rings is 1. The molecule has 0 saturated carbocycles. The Morgan fingerprint density at radius 3 is 2.54 bits per heavy atom. The Morgan fingerprint density at radius 2 is 1.86 bits per heavy atom. The average Bonchev–Trinajstić information content (AvgIpc) is 2.70. The predicted octanol–water partition coefficient (Wildman–Crippen LogP) is 2.74. The first-order chi connectivity index (χ1) is 13.4. The van der Waals surface area contributed by atoms with Gasteiger partial charge in [-0.2, -0.15) is 0 Å². The van der Waals surface area contributed by atoms with Gasteiger partial charge in [0.05, 0.1) is 12.3 Å². The van der Waals surface area contributed by atoms with Crippen molar-refractivity contribution in [2.45, 2.75) is 25.8 Å². The second kappa shape index (κ2) is 8.92. The molecule has 2 N–H and O–H groups in total. The smallest absolute Gasteiger partial charge is 0.211 e. The molecule has 1 atom stereocenters. The van der Waals surface area contributed by atoms with E-state index < -0.39 is 10.0 Å². The third-order valence-corrected chi connectivity index (χ3v) is 6.77. The van der Waals surface area contributed by atoms with Crippen LogP contribution in [0.4, 0.5) is 0 Å². The van der Waals surface area contributed by atoms with Crippen molar-refractivity contribution >= 4 is 26.8 Å². The summed E-state index contributed by atoms with van der Waals surface area (Å²) in [5.74, 6) is 1.22. The van der Waals surface area contributed by atoms with Crippen molar-refractivity contribution in [1.82, 2.24) is 14.9 Å². The first-order valence-corrected chi connectivity index (χ1v) is 11.6. The lowest BCUT2D eigenvalue weighted by Gasteiger charge is -2.30. The van der Waals surface area contributed by atoms with Crippen LogP contribution in [-0.4, -0.2) is 51.6 Å². The van der Waals surface area contributed by atoms with E-state index in [-0.39, 0.29) is 6.04 Å². The van der Waals surface area contributed by atoms with Gasteiger partial charge in [0, 0.05) is 26.7 Å². The van der Waals surface area contributed by atoms with E-state index in [1.807, 2.05) is 0 Å².